The largest absolute Gasteiger partial charge is 0.316 e. The summed E-state index contributed by atoms with van der Waals surface area (Å²) in [6.45, 7) is 6.62. The van der Waals surface area contributed by atoms with Gasteiger partial charge < -0.3 is 5.32 Å². The molecule has 0 radical (unpaired) electrons. The Morgan fingerprint density at radius 1 is 0.800 bits per heavy atom. The van der Waals surface area contributed by atoms with E-state index < -0.39 is 0 Å². The molecule has 0 amide bonds. The fraction of sp³-hybridized carbons (Fsp3) is 0.368. The molecule has 0 heterocycles. The van der Waals surface area contributed by atoms with Crippen LogP contribution in [0.4, 0.5) is 0 Å². The maximum absolute atomic E-state index is 3.60. The molecule has 2 aromatic rings. The molecule has 1 heteroatoms. The summed E-state index contributed by atoms with van der Waals surface area (Å²) in [6, 6.07) is 21.6. The molecule has 1 atom stereocenters. The monoisotopic (exact) mass is 267 g/mol. The first kappa shape index (κ1) is 14.8. The van der Waals surface area contributed by atoms with Crippen molar-refractivity contribution in [1.29, 1.82) is 0 Å². The normalized spacial score (nSPS) is 12.6. The predicted molar refractivity (Wildman–Crippen MR) is 87.0 cm³/mol. The van der Waals surface area contributed by atoms with E-state index >= 15 is 0 Å². The molecule has 1 nitrogen and oxygen atoms in total. The first-order chi connectivity index (χ1) is 9.75. The summed E-state index contributed by atoms with van der Waals surface area (Å²) in [5.41, 5.74) is 2.83. The van der Waals surface area contributed by atoms with Gasteiger partial charge in [-0.15, -0.1) is 0 Å². The molecular formula is C19H25N. The molecule has 0 bridgehead atoms. The van der Waals surface area contributed by atoms with Crippen molar-refractivity contribution in [3.63, 3.8) is 0 Å². The van der Waals surface area contributed by atoms with Crippen molar-refractivity contribution < 1.29 is 0 Å². The van der Waals surface area contributed by atoms with Crippen molar-refractivity contribution >= 4 is 0 Å². The molecule has 2 rings (SSSR count). The van der Waals surface area contributed by atoms with Gasteiger partial charge in [0.15, 0.2) is 0 Å². The highest BCUT2D eigenvalue weighted by Gasteiger charge is 2.12. The van der Waals surface area contributed by atoms with Gasteiger partial charge in [-0.05, 0) is 30.0 Å². The summed E-state index contributed by atoms with van der Waals surface area (Å²) in [5.74, 6) is 1.24. The van der Waals surface area contributed by atoms with Crippen molar-refractivity contribution in [3.8, 4) is 0 Å². The molecule has 0 aromatic heterocycles. The van der Waals surface area contributed by atoms with Gasteiger partial charge in [-0.3, -0.25) is 0 Å². The van der Waals surface area contributed by atoms with E-state index in [9.17, 15) is 0 Å². The van der Waals surface area contributed by atoms with Gasteiger partial charge in [0.05, 0.1) is 0 Å². The molecular weight excluding hydrogens is 242 g/mol. The van der Waals surface area contributed by atoms with Gasteiger partial charge in [-0.25, -0.2) is 0 Å². The number of benzene rings is 2. The minimum atomic E-state index is 0.539. The highest BCUT2D eigenvalue weighted by Crippen LogP contribution is 2.20. The second-order valence-corrected chi connectivity index (χ2v) is 5.85. The Balaban J connectivity index is 2.04. The lowest BCUT2D eigenvalue weighted by Crippen LogP contribution is -2.26. The third-order valence-electron chi connectivity index (χ3n) is 3.54. The Labute approximate surface area is 123 Å². The van der Waals surface area contributed by atoms with E-state index in [4.69, 9.17) is 0 Å². The van der Waals surface area contributed by atoms with E-state index in [1.54, 1.807) is 0 Å². The van der Waals surface area contributed by atoms with Crippen LogP contribution in [0, 0.1) is 5.92 Å². The molecule has 0 saturated heterocycles. The van der Waals surface area contributed by atoms with Gasteiger partial charge >= 0.3 is 0 Å². The second-order valence-electron chi connectivity index (χ2n) is 5.85. The Bertz CT molecular complexity index is 476. The fourth-order valence-electron chi connectivity index (χ4n) is 2.48. The van der Waals surface area contributed by atoms with Crippen molar-refractivity contribution in [2.75, 3.05) is 13.1 Å². The van der Waals surface area contributed by atoms with E-state index in [1.165, 1.54) is 11.1 Å². The first-order valence-corrected chi connectivity index (χ1v) is 7.55. The van der Waals surface area contributed by atoms with Crippen LogP contribution in [0.3, 0.4) is 0 Å². The highest BCUT2D eigenvalue weighted by molar-refractivity contribution is 5.24. The lowest BCUT2D eigenvalue weighted by atomic mass is 9.92. The summed E-state index contributed by atoms with van der Waals surface area (Å²) in [6.07, 6.45) is 1.09. The van der Waals surface area contributed by atoms with Gasteiger partial charge in [0.25, 0.3) is 0 Å². The Hall–Kier alpha value is -1.60. The molecule has 0 aliphatic carbocycles. The maximum atomic E-state index is 3.60. The van der Waals surface area contributed by atoms with Gasteiger partial charge in [-0.1, -0.05) is 74.5 Å². The molecule has 1 N–H and O–H groups in total. The lowest BCUT2D eigenvalue weighted by Gasteiger charge is -2.19. The topological polar surface area (TPSA) is 12.0 Å². The zero-order valence-electron chi connectivity index (χ0n) is 12.5. The second kappa shape index (κ2) is 7.86. The molecule has 1 unspecified atom stereocenters. The van der Waals surface area contributed by atoms with E-state index in [1.807, 2.05) is 0 Å². The van der Waals surface area contributed by atoms with Crippen LogP contribution in [0.1, 0.15) is 30.9 Å². The summed E-state index contributed by atoms with van der Waals surface area (Å²) >= 11 is 0. The third-order valence-corrected chi connectivity index (χ3v) is 3.54. The van der Waals surface area contributed by atoms with Crippen LogP contribution in [-0.4, -0.2) is 13.1 Å². The summed E-state index contributed by atoms with van der Waals surface area (Å²) in [7, 11) is 0. The predicted octanol–water partition coefficient (Wildman–Crippen LogP) is 4.26. The van der Waals surface area contributed by atoms with Gasteiger partial charge in [0.2, 0.25) is 0 Å². The molecule has 0 spiro atoms. The van der Waals surface area contributed by atoms with Crippen LogP contribution < -0.4 is 5.32 Å². The number of hydrogen-bond acceptors (Lipinski definition) is 1. The maximum Gasteiger partial charge on any atom is 0.00234 e. The van der Waals surface area contributed by atoms with Crippen LogP contribution in [-0.2, 0) is 6.42 Å². The average molecular weight is 267 g/mol. The smallest absolute Gasteiger partial charge is 0.00234 e. The van der Waals surface area contributed by atoms with Crippen molar-refractivity contribution in [1.82, 2.24) is 5.32 Å². The Kier molecular flexibility index (Phi) is 5.82. The number of nitrogens with one attached hydrogen (secondary N) is 1. The Morgan fingerprint density at radius 2 is 1.40 bits per heavy atom. The quantitative estimate of drug-likeness (QED) is 0.790. The highest BCUT2D eigenvalue weighted by atomic mass is 14.9. The SMILES string of the molecule is CC(C)CNCC(Cc1ccccc1)c1ccccc1. The minimum Gasteiger partial charge on any atom is -0.316 e. The molecule has 2 aromatic carbocycles. The summed E-state index contributed by atoms with van der Waals surface area (Å²) in [4.78, 5) is 0. The summed E-state index contributed by atoms with van der Waals surface area (Å²) < 4.78 is 0. The summed E-state index contributed by atoms with van der Waals surface area (Å²) in [5, 5.41) is 3.60. The van der Waals surface area contributed by atoms with E-state index in [0.29, 0.717) is 11.8 Å². The zero-order valence-corrected chi connectivity index (χ0v) is 12.5. The van der Waals surface area contributed by atoms with E-state index in [2.05, 4.69) is 79.8 Å². The fourth-order valence-corrected chi connectivity index (χ4v) is 2.48. The zero-order chi connectivity index (χ0) is 14.2. The standard InChI is InChI=1S/C19H25N/c1-16(2)14-20-15-19(18-11-7-4-8-12-18)13-17-9-5-3-6-10-17/h3-12,16,19-20H,13-15H2,1-2H3. The molecule has 106 valence electrons. The van der Waals surface area contributed by atoms with Gasteiger partial charge in [0.1, 0.15) is 0 Å². The van der Waals surface area contributed by atoms with Crippen LogP contribution in [0.15, 0.2) is 60.7 Å². The Morgan fingerprint density at radius 3 is 2.00 bits per heavy atom. The van der Waals surface area contributed by atoms with Gasteiger partial charge in [0, 0.05) is 12.5 Å². The molecule has 0 fully saturated rings. The van der Waals surface area contributed by atoms with E-state index in [-0.39, 0.29) is 0 Å². The number of rotatable bonds is 7. The van der Waals surface area contributed by atoms with E-state index in [0.717, 1.165) is 19.5 Å². The third kappa shape index (κ3) is 4.82. The van der Waals surface area contributed by atoms with Crippen molar-refractivity contribution in [3.05, 3.63) is 71.8 Å². The molecule has 0 aliphatic heterocycles. The molecule has 0 aliphatic rings. The lowest BCUT2D eigenvalue weighted by molar-refractivity contribution is 0.514. The van der Waals surface area contributed by atoms with Crippen molar-refractivity contribution in [2.45, 2.75) is 26.2 Å². The number of hydrogen-bond donors (Lipinski definition) is 1. The molecule has 0 saturated carbocycles. The average Bonchev–Trinajstić information content (AvgIpc) is 2.48. The minimum absolute atomic E-state index is 0.539. The van der Waals surface area contributed by atoms with Crippen LogP contribution in [0.5, 0.6) is 0 Å². The van der Waals surface area contributed by atoms with Crippen molar-refractivity contribution in [2.24, 2.45) is 5.92 Å². The first-order valence-electron chi connectivity index (χ1n) is 7.55. The van der Waals surface area contributed by atoms with Crippen LogP contribution in [0.25, 0.3) is 0 Å². The molecule has 20 heavy (non-hydrogen) atoms. The van der Waals surface area contributed by atoms with Crippen LogP contribution in [0.2, 0.25) is 0 Å². The van der Waals surface area contributed by atoms with Crippen LogP contribution >= 0.6 is 0 Å². The van der Waals surface area contributed by atoms with Gasteiger partial charge in [-0.2, -0.15) is 0 Å².